The number of rotatable bonds is 9. The third-order valence-electron chi connectivity index (χ3n) is 10.8. The van der Waals surface area contributed by atoms with Crippen molar-refractivity contribution >= 4 is 58.6 Å². The van der Waals surface area contributed by atoms with Crippen molar-refractivity contribution in [2.75, 3.05) is 4.90 Å². The van der Waals surface area contributed by atoms with Crippen molar-refractivity contribution in [3.8, 4) is 22.3 Å². The summed E-state index contributed by atoms with van der Waals surface area (Å²) in [5.74, 6) is 0. The lowest BCUT2D eigenvalue weighted by molar-refractivity contribution is 1.23. The number of nitrogens with zero attached hydrogens (tertiary/aromatic N) is 1. The van der Waals surface area contributed by atoms with Gasteiger partial charge < -0.3 is 4.90 Å². The zero-order chi connectivity index (χ0) is 38.0. The summed E-state index contributed by atoms with van der Waals surface area (Å²) in [6, 6.07) is 86.7. The molecule has 1 aromatic heterocycles. The fourth-order valence-corrected chi connectivity index (χ4v) is 13.0. The van der Waals surface area contributed by atoms with E-state index in [-0.39, 0.29) is 0 Å². The van der Waals surface area contributed by atoms with E-state index in [0.29, 0.717) is 0 Å². The summed E-state index contributed by atoms with van der Waals surface area (Å²) < 4.78 is 2.59. The summed E-state index contributed by atoms with van der Waals surface area (Å²) in [7, 11) is -1.81. The lowest BCUT2D eigenvalue weighted by atomic mass is 10.0. The highest BCUT2D eigenvalue weighted by molar-refractivity contribution is 8.34. The summed E-state index contributed by atoms with van der Waals surface area (Å²) >= 11 is 1.86. The molecule has 0 spiro atoms. The normalized spacial score (nSPS) is 11.8. The molecule has 0 saturated heterocycles. The Kier molecular flexibility index (Phi) is 9.23. The quantitative estimate of drug-likeness (QED) is 0.141. The second-order valence-corrected chi connectivity index (χ2v) is 18.3. The summed E-state index contributed by atoms with van der Waals surface area (Å²) in [5, 5.41) is 2.56. The number of anilines is 3. The molecule has 0 amide bonds. The second-order valence-electron chi connectivity index (χ2n) is 14.2. The molecule has 9 aromatic carbocycles. The van der Waals surface area contributed by atoms with Crippen molar-refractivity contribution in [3.05, 3.63) is 237 Å². The molecule has 3 heteroatoms. The zero-order valence-electron chi connectivity index (χ0n) is 31.3. The SMILES string of the molecule is c1ccc(-c2ccc(N(c3ccc(S(c4ccccc4)(c4ccccc4)c4ccccc4)cc3)c3ccc4sc5ccc(-c6ccccc6)cc5c4c3)cc2)cc1. The van der Waals surface area contributed by atoms with Crippen molar-refractivity contribution in [1.82, 2.24) is 0 Å². The van der Waals surface area contributed by atoms with Crippen LogP contribution in [0.5, 0.6) is 0 Å². The fraction of sp³-hybridized carbons (Fsp3) is 0. The van der Waals surface area contributed by atoms with Crippen LogP contribution in [-0.2, 0) is 0 Å². The molecule has 1 nitrogen and oxygen atoms in total. The highest BCUT2D eigenvalue weighted by atomic mass is 32.3. The molecule has 57 heavy (non-hydrogen) atoms. The van der Waals surface area contributed by atoms with Crippen LogP contribution in [-0.4, -0.2) is 0 Å². The van der Waals surface area contributed by atoms with Gasteiger partial charge in [-0.05, 0) is 125 Å². The third-order valence-corrected chi connectivity index (χ3v) is 15.9. The average Bonchev–Trinajstić information content (AvgIpc) is 3.67. The summed E-state index contributed by atoms with van der Waals surface area (Å²) in [6.07, 6.45) is 0. The van der Waals surface area contributed by atoms with Crippen LogP contribution in [0.4, 0.5) is 17.1 Å². The predicted octanol–water partition coefficient (Wildman–Crippen LogP) is 16.2. The van der Waals surface area contributed by atoms with Gasteiger partial charge in [-0.3, -0.25) is 0 Å². The first-order valence-electron chi connectivity index (χ1n) is 19.3. The van der Waals surface area contributed by atoms with Gasteiger partial charge in [0.1, 0.15) is 0 Å². The molecule has 0 unspecified atom stereocenters. The van der Waals surface area contributed by atoms with Crippen molar-refractivity contribution in [2.45, 2.75) is 19.6 Å². The van der Waals surface area contributed by atoms with E-state index in [9.17, 15) is 0 Å². The van der Waals surface area contributed by atoms with Crippen LogP contribution in [0.15, 0.2) is 256 Å². The van der Waals surface area contributed by atoms with Crippen LogP contribution in [0.3, 0.4) is 0 Å². The Labute approximate surface area is 340 Å². The molecule has 0 saturated carbocycles. The molecule has 1 heterocycles. The smallest absolute Gasteiger partial charge is 0.0468 e. The van der Waals surface area contributed by atoms with Crippen LogP contribution >= 0.6 is 21.4 Å². The Balaban J connectivity index is 1.14. The van der Waals surface area contributed by atoms with E-state index < -0.39 is 10.0 Å². The minimum Gasteiger partial charge on any atom is -0.310 e. The molecule has 0 bridgehead atoms. The molecule has 0 N–H and O–H groups in total. The van der Waals surface area contributed by atoms with Gasteiger partial charge in [-0.25, -0.2) is 0 Å². The maximum Gasteiger partial charge on any atom is 0.0468 e. The minimum absolute atomic E-state index is 1.11. The molecule has 0 aliphatic heterocycles. The van der Waals surface area contributed by atoms with Gasteiger partial charge in [0.05, 0.1) is 0 Å². The van der Waals surface area contributed by atoms with E-state index in [2.05, 4.69) is 241 Å². The first kappa shape index (κ1) is 34.8. The maximum absolute atomic E-state index is 2.41. The Morgan fingerprint density at radius 1 is 0.281 bits per heavy atom. The number of fused-ring (bicyclic) bond motifs is 3. The molecule has 0 fully saturated rings. The molecule has 10 aromatic rings. The molecular weight excluding hydrogens is 727 g/mol. The van der Waals surface area contributed by atoms with E-state index in [4.69, 9.17) is 0 Å². The summed E-state index contributed by atoms with van der Waals surface area (Å²) in [5.41, 5.74) is 8.22. The standard InChI is InChI=1S/C54H39NS2/c1-6-16-40(17-7-1)42-26-29-44(30-27-42)55(46-33-37-54-52(39-46)51-38-43(28-36-53(51)56-54)41-18-8-2-9-19-41)45-31-34-50(35-32-45)57(47-20-10-3-11-21-47,48-22-12-4-13-23-48)49-24-14-5-15-25-49/h1-39H. The number of benzene rings is 9. The summed E-state index contributed by atoms with van der Waals surface area (Å²) in [4.78, 5) is 7.64. The number of hydrogen-bond donors (Lipinski definition) is 0. The predicted molar refractivity (Wildman–Crippen MR) is 245 cm³/mol. The Hall–Kier alpha value is -6.65. The molecule has 0 aliphatic rings. The molecule has 272 valence electrons. The molecule has 10 rings (SSSR count). The number of hydrogen-bond acceptors (Lipinski definition) is 2. The summed E-state index contributed by atoms with van der Waals surface area (Å²) in [6.45, 7) is 0. The zero-order valence-corrected chi connectivity index (χ0v) is 32.9. The Bertz CT molecular complexity index is 2810. The van der Waals surface area contributed by atoms with E-state index in [1.807, 2.05) is 11.3 Å². The van der Waals surface area contributed by atoms with Gasteiger partial charge >= 0.3 is 0 Å². The first-order valence-corrected chi connectivity index (χ1v) is 21.8. The van der Waals surface area contributed by atoms with Crippen molar-refractivity contribution in [1.29, 1.82) is 0 Å². The molecule has 0 atom stereocenters. The Morgan fingerprint density at radius 2 is 0.632 bits per heavy atom. The van der Waals surface area contributed by atoms with Gasteiger partial charge in [0.2, 0.25) is 0 Å². The molecule has 0 radical (unpaired) electrons. The number of thiophene rings is 1. The van der Waals surface area contributed by atoms with E-state index >= 15 is 0 Å². The van der Waals surface area contributed by atoms with Crippen molar-refractivity contribution in [2.24, 2.45) is 0 Å². The van der Waals surface area contributed by atoms with Gasteiger partial charge in [-0.15, -0.1) is 21.4 Å². The van der Waals surface area contributed by atoms with Crippen molar-refractivity contribution in [3.63, 3.8) is 0 Å². The van der Waals surface area contributed by atoms with E-state index in [1.54, 1.807) is 0 Å². The van der Waals surface area contributed by atoms with Gasteiger partial charge in [0.15, 0.2) is 0 Å². The topological polar surface area (TPSA) is 3.24 Å². The fourth-order valence-electron chi connectivity index (χ4n) is 8.09. The highest BCUT2D eigenvalue weighted by Crippen LogP contribution is 2.73. The van der Waals surface area contributed by atoms with Gasteiger partial charge in [0, 0.05) is 56.8 Å². The molecular formula is C54H39NS2. The highest BCUT2D eigenvalue weighted by Gasteiger charge is 2.33. The van der Waals surface area contributed by atoms with Crippen LogP contribution in [0.25, 0.3) is 42.4 Å². The maximum atomic E-state index is 2.41. The Morgan fingerprint density at radius 3 is 1.14 bits per heavy atom. The lowest BCUT2D eigenvalue weighted by Gasteiger charge is -2.42. The van der Waals surface area contributed by atoms with Crippen LogP contribution in [0.2, 0.25) is 0 Å². The van der Waals surface area contributed by atoms with Gasteiger partial charge in [0.25, 0.3) is 0 Å². The molecule has 0 aliphatic carbocycles. The van der Waals surface area contributed by atoms with E-state index in [1.165, 1.54) is 62.0 Å². The lowest BCUT2D eigenvalue weighted by Crippen LogP contribution is -2.10. The van der Waals surface area contributed by atoms with Crippen LogP contribution in [0, 0.1) is 0 Å². The first-order chi connectivity index (χ1) is 28.3. The van der Waals surface area contributed by atoms with E-state index in [0.717, 1.165) is 17.1 Å². The van der Waals surface area contributed by atoms with Gasteiger partial charge in [-0.2, -0.15) is 0 Å². The van der Waals surface area contributed by atoms with Crippen LogP contribution in [0.1, 0.15) is 0 Å². The van der Waals surface area contributed by atoms with Gasteiger partial charge in [-0.1, -0.05) is 133 Å². The van der Waals surface area contributed by atoms with Crippen LogP contribution < -0.4 is 4.90 Å². The average molecular weight is 766 g/mol. The van der Waals surface area contributed by atoms with Crippen molar-refractivity contribution < 1.29 is 0 Å². The minimum atomic E-state index is -1.81. The monoisotopic (exact) mass is 765 g/mol. The second kappa shape index (κ2) is 15.1. The third kappa shape index (κ3) is 6.41. The largest absolute Gasteiger partial charge is 0.310 e.